The molecule has 0 aliphatic rings. The monoisotopic (exact) mass is 290 g/mol. The van der Waals surface area contributed by atoms with E-state index in [2.05, 4.69) is 11.8 Å². The minimum atomic E-state index is -0.314. The largest absolute Gasteiger partial charge is 0.469 e. The smallest absolute Gasteiger partial charge is 0.126 e. The summed E-state index contributed by atoms with van der Waals surface area (Å²) in [6.45, 7) is 5.19. The summed E-state index contributed by atoms with van der Waals surface area (Å²) in [5, 5.41) is 0. The van der Waals surface area contributed by atoms with Crippen LogP contribution in [-0.2, 0) is 13.0 Å². The third-order valence-electron chi connectivity index (χ3n) is 4.26. The third kappa shape index (κ3) is 3.52. The van der Waals surface area contributed by atoms with Crippen LogP contribution in [0.4, 0.5) is 4.39 Å². The number of halogens is 1. The fourth-order valence-corrected chi connectivity index (χ4v) is 2.44. The third-order valence-corrected chi connectivity index (χ3v) is 4.26. The molecule has 21 heavy (non-hydrogen) atoms. The van der Waals surface area contributed by atoms with Gasteiger partial charge in [0.1, 0.15) is 11.6 Å². The molecule has 0 saturated heterocycles. The van der Waals surface area contributed by atoms with Crippen LogP contribution in [0.25, 0.3) is 0 Å². The lowest BCUT2D eigenvalue weighted by Gasteiger charge is -2.38. The van der Waals surface area contributed by atoms with Gasteiger partial charge < -0.3 is 10.2 Å². The molecule has 0 radical (unpaired) electrons. The molecule has 0 fully saturated rings. The average molecular weight is 290 g/mol. The van der Waals surface area contributed by atoms with E-state index in [9.17, 15) is 4.39 Å². The predicted molar refractivity (Wildman–Crippen MR) is 82.5 cm³/mol. The van der Waals surface area contributed by atoms with E-state index in [1.807, 2.05) is 32.2 Å². The lowest BCUT2D eigenvalue weighted by Crippen LogP contribution is -2.51. The molecule has 0 saturated carbocycles. The first-order chi connectivity index (χ1) is 9.96. The number of nitrogens with two attached hydrogens (primary N) is 1. The number of likely N-dealkylation sites (N-methyl/N-ethyl adjacent to an activating group) is 1. The van der Waals surface area contributed by atoms with Crippen LogP contribution in [0, 0.1) is 12.7 Å². The second-order valence-electron chi connectivity index (χ2n) is 5.83. The van der Waals surface area contributed by atoms with Crippen LogP contribution < -0.4 is 5.73 Å². The van der Waals surface area contributed by atoms with Gasteiger partial charge in [0.05, 0.1) is 6.26 Å². The summed E-state index contributed by atoms with van der Waals surface area (Å²) in [5.74, 6) is 0.733. The van der Waals surface area contributed by atoms with E-state index in [1.165, 1.54) is 6.07 Å². The topological polar surface area (TPSA) is 42.4 Å². The van der Waals surface area contributed by atoms with Gasteiger partial charge in [-0.3, -0.25) is 4.90 Å². The highest BCUT2D eigenvalue weighted by molar-refractivity contribution is 5.21. The molecule has 0 amide bonds. The maximum Gasteiger partial charge on any atom is 0.126 e. The van der Waals surface area contributed by atoms with E-state index in [0.717, 1.165) is 17.9 Å². The van der Waals surface area contributed by atoms with E-state index in [1.54, 1.807) is 12.3 Å². The van der Waals surface area contributed by atoms with Crippen molar-refractivity contribution in [3.63, 3.8) is 0 Å². The highest BCUT2D eigenvalue weighted by atomic mass is 19.1. The molecule has 0 aliphatic heterocycles. The standard InChI is InChI=1S/C17H23FN2O/c1-13-15(8-9-21-13)11-20(3)17(2,12-19)10-14-6-4-5-7-16(14)18/h4-9H,10-12,19H2,1-3H3. The fraction of sp³-hybridized carbons (Fsp3) is 0.412. The van der Waals surface area contributed by atoms with E-state index >= 15 is 0 Å². The van der Waals surface area contributed by atoms with Crippen LogP contribution >= 0.6 is 0 Å². The normalized spacial score (nSPS) is 14.4. The summed E-state index contributed by atoms with van der Waals surface area (Å²) in [5.41, 5.74) is 7.50. The molecule has 0 bridgehead atoms. The van der Waals surface area contributed by atoms with Crippen molar-refractivity contribution in [2.24, 2.45) is 5.73 Å². The zero-order valence-electron chi connectivity index (χ0n) is 12.9. The number of benzene rings is 1. The minimum absolute atomic E-state index is 0.176. The van der Waals surface area contributed by atoms with Crippen molar-refractivity contribution in [3.05, 3.63) is 59.3 Å². The van der Waals surface area contributed by atoms with Gasteiger partial charge >= 0.3 is 0 Å². The Morgan fingerprint density at radius 3 is 2.52 bits per heavy atom. The molecule has 2 rings (SSSR count). The maximum absolute atomic E-state index is 13.9. The SMILES string of the molecule is Cc1occc1CN(C)C(C)(CN)Cc1ccccc1F. The van der Waals surface area contributed by atoms with E-state index in [-0.39, 0.29) is 11.4 Å². The molecule has 2 aromatic rings. The predicted octanol–water partition coefficient (Wildman–Crippen LogP) is 3.12. The summed E-state index contributed by atoms with van der Waals surface area (Å²) in [7, 11) is 2.01. The molecule has 114 valence electrons. The van der Waals surface area contributed by atoms with Gasteiger partial charge in [-0.15, -0.1) is 0 Å². The molecular weight excluding hydrogens is 267 g/mol. The first kappa shape index (κ1) is 15.7. The van der Waals surface area contributed by atoms with Crippen LogP contribution in [0.5, 0.6) is 0 Å². The van der Waals surface area contributed by atoms with E-state index < -0.39 is 0 Å². The second-order valence-corrected chi connectivity index (χ2v) is 5.83. The molecule has 0 spiro atoms. The Morgan fingerprint density at radius 2 is 1.95 bits per heavy atom. The Bertz CT molecular complexity index is 596. The van der Waals surface area contributed by atoms with Crippen molar-refractivity contribution < 1.29 is 8.81 Å². The zero-order valence-corrected chi connectivity index (χ0v) is 12.9. The van der Waals surface area contributed by atoms with Crippen LogP contribution in [0.15, 0.2) is 41.0 Å². The van der Waals surface area contributed by atoms with Crippen LogP contribution in [-0.4, -0.2) is 24.0 Å². The molecular formula is C17H23FN2O. The van der Waals surface area contributed by atoms with Gasteiger partial charge in [0.15, 0.2) is 0 Å². The molecule has 4 heteroatoms. The Kier molecular flexibility index (Phi) is 4.80. The minimum Gasteiger partial charge on any atom is -0.469 e. The summed E-state index contributed by atoms with van der Waals surface area (Å²) in [6, 6.07) is 8.84. The number of hydrogen-bond acceptors (Lipinski definition) is 3. The number of rotatable bonds is 6. The van der Waals surface area contributed by atoms with Crippen LogP contribution in [0.2, 0.25) is 0 Å². The van der Waals surface area contributed by atoms with Crippen molar-refractivity contribution in [2.45, 2.75) is 32.4 Å². The lowest BCUT2D eigenvalue weighted by atomic mass is 9.90. The number of nitrogens with zero attached hydrogens (tertiary/aromatic N) is 1. The van der Waals surface area contributed by atoms with Gasteiger partial charge in [-0.2, -0.15) is 0 Å². The Labute approximate surface area is 125 Å². The van der Waals surface area contributed by atoms with Crippen molar-refractivity contribution in [2.75, 3.05) is 13.6 Å². The summed E-state index contributed by atoms with van der Waals surface area (Å²) in [4.78, 5) is 2.16. The van der Waals surface area contributed by atoms with E-state index in [0.29, 0.717) is 18.5 Å². The fourth-order valence-electron chi connectivity index (χ4n) is 2.44. The Balaban J connectivity index is 2.16. The summed E-state index contributed by atoms with van der Waals surface area (Å²) >= 11 is 0. The van der Waals surface area contributed by atoms with Crippen molar-refractivity contribution in [1.82, 2.24) is 4.90 Å². The first-order valence-corrected chi connectivity index (χ1v) is 7.14. The zero-order chi connectivity index (χ0) is 15.5. The van der Waals surface area contributed by atoms with E-state index in [4.69, 9.17) is 10.2 Å². The van der Waals surface area contributed by atoms with Crippen molar-refractivity contribution in [1.29, 1.82) is 0 Å². The summed E-state index contributed by atoms with van der Waals surface area (Å²) < 4.78 is 19.2. The molecule has 1 heterocycles. The van der Waals surface area contributed by atoms with Crippen molar-refractivity contribution >= 4 is 0 Å². The van der Waals surface area contributed by atoms with Gasteiger partial charge in [-0.1, -0.05) is 18.2 Å². The first-order valence-electron chi connectivity index (χ1n) is 7.14. The molecule has 1 unspecified atom stereocenters. The van der Waals surface area contributed by atoms with Crippen LogP contribution in [0.1, 0.15) is 23.8 Å². The highest BCUT2D eigenvalue weighted by Gasteiger charge is 2.29. The molecule has 1 aromatic carbocycles. The van der Waals surface area contributed by atoms with Gasteiger partial charge in [-0.25, -0.2) is 4.39 Å². The molecule has 2 N–H and O–H groups in total. The quantitative estimate of drug-likeness (QED) is 0.889. The lowest BCUT2D eigenvalue weighted by molar-refractivity contribution is 0.134. The highest BCUT2D eigenvalue weighted by Crippen LogP contribution is 2.23. The van der Waals surface area contributed by atoms with Gasteiger partial charge in [0, 0.05) is 24.2 Å². The molecule has 3 nitrogen and oxygen atoms in total. The summed E-state index contributed by atoms with van der Waals surface area (Å²) in [6.07, 6.45) is 2.26. The number of hydrogen-bond donors (Lipinski definition) is 1. The average Bonchev–Trinajstić information content (AvgIpc) is 2.86. The number of aryl methyl sites for hydroxylation is 1. The Morgan fingerprint density at radius 1 is 1.24 bits per heavy atom. The van der Waals surface area contributed by atoms with Gasteiger partial charge in [-0.05, 0) is 45.0 Å². The molecule has 0 aliphatic carbocycles. The van der Waals surface area contributed by atoms with Crippen LogP contribution in [0.3, 0.4) is 0 Å². The van der Waals surface area contributed by atoms with Gasteiger partial charge in [0.25, 0.3) is 0 Å². The number of furan rings is 1. The molecule has 1 atom stereocenters. The molecule has 1 aromatic heterocycles. The van der Waals surface area contributed by atoms with Gasteiger partial charge in [0.2, 0.25) is 0 Å². The second kappa shape index (κ2) is 6.41. The maximum atomic E-state index is 13.9. The van der Waals surface area contributed by atoms with Crippen molar-refractivity contribution in [3.8, 4) is 0 Å². The Hall–Kier alpha value is -1.65.